The van der Waals surface area contributed by atoms with Gasteiger partial charge in [-0.15, -0.1) is 0 Å². The van der Waals surface area contributed by atoms with Crippen LogP contribution in [0, 0.1) is 16.2 Å². The Bertz CT molecular complexity index is 978. The van der Waals surface area contributed by atoms with E-state index in [1.165, 1.54) is 49.5 Å². The third-order valence-electron chi connectivity index (χ3n) is 7.29. The highest BCUT2D eigenvalue weighted by atomic mass is 16.4. The monoisotopic (exact) mass is 549 g/mol. The molecule has 0 bridgehead atoms. The van der Waals surface area contributed by atoms with Crippen LogP contribution in [-0.4, -0.2) is 15.7 Å². The lowest BCUT2D eigenvalue weighted by Gasteiger charge is -2.17. The summed E-state index contributed by atoms with van der Waals surface area (Å²) in [5.74, 6) is -0.569. The Kier molecular flexibility index (Phi) is 15.7. The molecule has 0 radical (unpaired) electrons. The first-order valence-corrected chi connectivity index (χ1v) is 15.9. The molecule has 0 aliphatic heterocycles. The lowest BCUT2D eigenvalue weighted by Crippen LogP contribution is -2.47. The minimum absolute atomic E-state index is 0.204. The Morgan fingerprint density at radius 3 is 1.36 bits per heavy atom. The van der Waals surface area contributed by atoms with Crippen molar-refractivity contribution < 1.29 is 4.42 Å². The van der Waals surface area contributed by atoms with Crippen LogP contribution in [-0.2, 0) is 13.1 Å². The fourth-order valence-electron chi connectivity index (χ4n) is 4.84. The molecule has 0 amide bonds. The lowest BCUT2D eigenvalue weighted by atomic mass is 9.89. The van der Waals surface area contributed by atoms with Crippen molar-refractivity contribution in [1.82, 2.24) is 9.13 Å². The third-order valence-corrected chi connectivity index (χ3v) is 7.29. The van der Waals surface area contributed by atoms with Crippen LogP contribution in [0.2, 0.25) is 0 Å². The van der Waals surface area contributed by atoms with Gasteiger partial charge in [0.15, 0.2) is 0 Å². The molecule has 0 aliphatic rings. The van der Waals surface area contributed by atoms with Crippen LogP contribution in [0.25, 0.3) is 0 Å². The van der Waals surface area contributed by atoms with Gasteiger partial charge < -0.3 is 4.42 Å². The first-order valence-electron chi connectivity index (χ1n) is 15.9. The third kappa shape index (κ3) is 17.7. The zero-order valence-electron chi connectivity index (χ0n) is 27.3. The summed E-state index contributed by atoms with van der Waals surface area (Å²) >= 11 is 0. The summed E-state index contributed by atoms with van der Waals surface area (Å²) in [5, 5.41) is 0. The normalized spacial score (nSPS) is 13.4. The molecule has 228 valence electrons. The molecule has 0 fully saturated rings. The van der Waals surface area contributed by atoms with Gasteiger partial charge in [-0.3, -0.25) is 0 Å². The van der Waals surface area contributed by atoms with E-state index in [9.17, 15) is 9.59 Å². The Labute approximate surface area is 239 Å². The van der Waals surface area contributed by atoms with Crippen molar-refractivity contribution in [2.45, 2.75) is 172 Å². The van der Waals surface area contributed by atoms with Crippen molar-refractivity contribution in [3.63, 3.8) is 0 Å². The number of nitrogens with zero attached hydrogens (tertiary/aromatic N) is 3. The highest BCUT2D eigenvalue weighted by molar-refractivity contribution is 4.71. The largest absolute Gasteiger partial charge is 0.425 e. The van der Waals surface area contributed by atoms with Crippen LogP contribution in [0.5, 0.6) is 0 Å². The maximum Gasteiger partial charge on any atom is 0.425 e. The first-order chi connectivity index (χ1) is 18.1. The predicted octanol–water partition coefficient (Wildman–Crippen LogP) is 8.49. The van der Waals surface area contributed by atoms with Gasteiger partial charge in [0.1, 0.15) is 0 Å². The van der Waals surface area contributed by atoms with Gasteiger partial charge in [0.2, 0.25) is 0 Å². The average molecular weight is 550 g/mol. The van der Waals surface area contributed by atoms with Crippen LogP contribution < -0.4 is 17.1 Å². The van der Waals surface area contributed by atoms with Crippen molar-refractivity contribution in [2.75, 3.05) is 6.54 Å². The Morgan fingerprint density at radius 1 is 0.538 bits per heavy atom. The second-order valence-electron chi connectivity index (χ2n) is 15.3. The van der Waals surface area contributed by atoms with Gasteiger partial charge in [-0.25, -0.2) is 23.7 Å². The van der Waals surface area contributed by atoms with Crippen LogP contribution in [0.15, 0.2) is 19.0 Å². The SMILES string of the molecule is CC(C)(C)CCCCCC/N=c1/oc(=O)n(CCCCCCC(C)(C)C)c(=O)n1CCCCCCC(C)(C)C. The molecule has 1 aromatic rings. The quantitative estimate of drug-likeness (QED) is 0.172. The summed E-state index contributed by atoms with van der Waals surface area (Å²) in [6.07, 6.45) is 16.5. The Morgan fingerprint density at radius 2 is 0.923 bits per heavy atom. The van der Waals surface area contributed by atoms with Crippen LogP contribution in [0.1, 0.15) is 159 Å². The van der Waals surface area contributed by atoms with Gasteiger partial charge in [-0.2, -0.15) is 0 Å². The summed E-state index contributed by atoms with van der Waals surface area (Å²) in [4.78, 5) is 30.7. The average Bonchev–Trinajstić information content (AvgIpc) is 2.78. The molecule has 0 atom stereocenters. The molecule has 1 aromatic heterocycles. The van der Waals surface area contributed by atoms with Gasteiger partial charge in [0.25, 0.3) is 0 Å². The van der Waals surface area contributed by atoms with Gasteiger partial charge in [0.05, 0.1) is 0 Å². The molecule has 6 nitrogen and oxygen atoms in total. The fourth-order valence-corrected chi connectivity index (χ4v) is 4.84. The summed E-state index contributed by atoms with van der Waals surface area (Å²) in [6, 6.07) is 0. The molecule has 0 spiro atoms. The summed E-state index contributed by atoms with van der Waals surface area (Å²) in [5.41, 5.74) is 1.02. The first kappa shape index (κ1) is 35.4. The Balaban J connectivity index is 2.82. The molecule has 0 aliphatic carbocycles. The molecule has 1 heterocycles. The maximum absolute atomic E-state index is 13.4. The van der Waals surface area contributed by atoms with E-state index in [1.807, 2.05) is 0 Å². The number of aromatic nitrogens is 2. The van der Waals surface area contributed by atoms with Crippen LogP contribution >= 0.6 is 0 Å². The molecular formula is C33H63N3O3. The molecule has 0 saturated heterocycles. The smallest absolute Gasteiger partial charge is 0.375 e. The van der Waals surface area contributed by atoms with Crippen LogP contribution in [0.3, 0.4) is 0 Å². The van der Waals surface area contributed by atoms with Gasteiger partial charge >= 0.3 is 17.1 Å². The standard InChI is InChI=1S/C33H63N3O3/c1-31(2,3)22-16-10-13-19-25-34-28-35(26-20-14-11-17-23-32(4,5)6)29(37)36(30(38)39-28)27-21-15-12-18-24-33(7,8)9/h10-27H2,1-9H3/b34-28+. The van der Waals surface area contributed by atoms with E-state index in [1.54, 1.807) is 4.57 Å². The molecule has 1 rings (SSSR count). The molecule has 0 N–H and O–H groups in total. The van der Waals surface area contributed by atoms with Gasteiger partial charge in [-0.1, -0.05) is 120 Å². The molecule has 0 aromatic carbocycles. The van der Waals surface area contributed by atoms with E-state index in [0.29, 0.717) is 35.9 Å². The van der Waals surface area contributed by atoms with Crippen molar-refractivity contribution in [2.24, 2.45) is 21.2 Å². The van der Waals surface area contributed by atoms with E-state index in [-0.39, 0.29) is 11.4 Å². The Hall–Kier alpha value is -1.59. The van der Waals surface area contributed by atoms with E-state index in [0.717, 1.165) is 51.4 Å². The van der Waals surface area contributed by atoms with Crippen molar-refractivity contribution >= 4 is 0 Å². The van der Waals surface area contributed by atoms with Crippen molar-refractivity contribution in [1.29, 1.82) is 0 Å². The zero-order valence-corrected chi connectivity index (χ0v) is 27.3. The molecule has 0 unspecified atom stereocenters. The van der Waals surface area contributed by atoms with E-state index in [4.69, 9.17) is 4.42 Å². The van der Waals surface area contributed by atoms with E-state index < -0.39 is 5.76 Å². The summed E-state index contributed by atoms with van der Waals surface area (Å²) < 4.78 is 8.54. The van der Waals surface area contributed by atoms with Crippen molar-refractivity contribution in [3.8, 4) is 0 Å². The fraction of sp³-hybridized carbons (Fsp3) is 0.909. The van der Waals surface area contributed by atoms with Gasteiger partial charge in [-0.05, 0) is 54.8 Å². The molecule has 39 heavy (non-hydrogen) atoms. The lowest BCUT2D eigenvalue weighted by molar-refractivity contribution is 0.298. The minimum atomic E-state index is -0.569. The number of unbranched alkanes of at least 4 members (excludes halogenated alkanes) is 9. The summed E-state index contributed by atoms with van der Waals surface area (Å²) in [6.45, 7) is 22.0. The van der Waals surface area contributed by atoms with E-state index >= 15 is 0 Å². The highest BCUT2D eigenvalue weighted by Gasteiger charge is 2.13. The number of hydrogen-bond donors (Lipinski definition) is 0. The number of hydrogen-bond acceptors (Lipinski definition) is 4. The topological polar surface area (TPSA) is 69.5 Å². The predicted molar refractivity (Wildman–Crippen MR) is 165 cm³/mol. The van der Waals surface area contributed by atoms with Crippen LogP contribution in [0.4, 0.5) is 0 Å². The second-order valence-corrected chi connectivity index (χ2v) is 15.3. The van der Waals surface area contributed by atoms with Gasteiger partial charge in [0, 0.05) is 19.6 Å². The van der Waals surface area contributed by atoms with E-state index in [2.05, 4.69) is 67.3 Å². The molecular weight excluding hydrogens is 486 g/mol. The molecule has 6 heteroatoms. The second kappa shape index (κ2) is 17.3. The highest BCUT2D eigenvalue weighted by Crippen LogP contribution is 2.23. The van der Waals surface area contributed by atoms with Crippen molar-refractivity contribution in [3.05, 3.63) is 26.7 Å². The minimum Gasteiger partial charge on any atom is -0.375 e. The maximum atomic E-state index is 13.4. The number of rotatable bonds is 18. The summed E-state index contributed by atoms with van der Waals surface area (Å²) in [7, 11) is 0. The zero-order chi connectivity index (χ0) is 29.5. The molecule has 0 saturated carbocycles.